The van der Waals surface area contributed by atoms with Crippen LogP contribution in [0, 0.1) is 0 Å². The molecule has 86 valence electrons. The summed E-state index contributed by atoms with van der Waals surface area (Å²) in [5.74, 6) is 0.889. The van der Waals surface area contributed by atoms with E-state index in [4.69, 9.17) is 4.74 Å². The van der Waals surface area contributed by atoms with Crippen molar-refractivity contribution in [1.29, 1.82) is 0 Å². The van der Waals surface area contributed by atoms with E-state index in [0.29, 0.717) is 6.42 Å². The number of nitrogens with zero attached hydrogens (tertiary/aromatic N) is 2. The molecular formula is C11H20N2O2. The smallest absolute Gasteiger partial charge is 0.111 e. The molecule has 4 heteroatoms. The van der Waals surface area contributed by atoms with Crippen LogP contribution in [0.2, 0.25) is 0 Å². The lowest BCUT2D eigenvalue weighted by Gasteiger charge is -2.20. The fourth-order valence-electron chi connectivity index (χ4n) is 1.66. The number of aliphatic hydroxyl groups excluding tert-OH is 1. The Hall–Kier alpha value is -0.870. The maximum Gasteiger partial charge on any atom is 0.111 e. The van der Waals surface area contributed by atoms with E-state index in [1.54, 1.807) is 13.3 Å². The second kappa shape index (κ2) is 5.88. The zero-order valence-electron chi connectivity index (χ0n) is 9.68. The molecule has 0 aliphatic heterocycles. The lowest BCUT2D eigenvalue weighted by molar-refractivity contribution is -0.0170. The second-order valence-corrected chi connectivity index (χ2v) is 3.79. The number of methoxy groups -OCH3 is 1. The highest BCUT2D eigenvalue weighted by molar-refractivity contribution is 4.94. The minimum absolute atomic E-state index is 0.0910. The summed E-state index contributed by atoms with van der Waals surface area (Å²) in [5, 5.41) is 9.96. The predicted molar refractivity (Wildman–Crippen MR) is 58.6 cm³/mol. The monoisotopic (exact) mass is 212 g/mol. The summed E-state index contributed by atoms with van der Waals surface area (Å²) in [7, 11) is 3.57. The molecule has 2 atom stereocenters. The summed E-state index contributed by atoms with van der Waals surface area (Å²) < 4.78 is 7.17. The van der Waals surface area contributed by atoms with Crippen LogP contribution in [0.15, 0.2) is 12.4 Å². The van der Waals surface area contributed by atoms with Crippen molar-refractivity contribution in [2.24, 2.45) is 7.05 Å². The highest BCUT2D eigenvalue weighted by atomic mass is 16.5. The summed E-state index contributed by atoms with van der Waals surface area (Å²) in [4.78, 5) is 4.18. The minimum atomic E-state index is -0.476. The molecule has 0 aliphatic carbocycles. The van der Waals surface area contributed by atoms with Gasteiger partial charge >= 0.3 is 0 Å². The number of hydrogen-bond acceptors (Lipinski definition) is 3. The SMILES string of the molecule is CCCC(OC)C(O)Cc1nccn1C. The van der Waals surface area contributed by atoms with Gasteiger partial charge in [0.1, 0.15) is 5.82 Å². The molecule has 0 amide bonds. The number of imidazole rings is 1. The van der Waals surface area contributed by atoms with Gasteiger partial charge in [0, 0.05) is 33.0 Å². The van der Waals surface area contributed by atoms with Crippen LogP contribution in [-0.4, -0.2) is 34.0 Å². The van der Waals surface area contributed by atoms with Crippen molar-refractivity contribution in [1.82, 2.24) is 9.55 Å². The van der Waals surface area contributed by atoms with Crippen LogP contribution in [0.25, 0.3) is 0 Å². The summed E-state index contributed by atoms with van der Waals surface area (Å²) in [6.07, 6.45) is 5.48. The number of aryl methyl sites for hydroxylation is 1. The Morgan fingerprint density at radius 3 is 2.80 bits per heavy atom. The maximum absolute atomic E-state index is 9.96. The largest absolute Gasteiger partial charge is 0.390 e. The van der Waals surface area contributed by atoms with Crippen LogP contribution in [0.4, 0.5) is 0 Å². The molecule has 0 radical (unpaired) electrons. The fraction of sp³-hybridized carbons (Fsp3) is 0.727. The first-order valence-corrected chi connectivity index (χ1v) is 5.36. The first-order chi connectivity index (χ1) is 7.19. The Bertz CT molecular complexity index is 286. The average Bonchev–Trinajstić information content (AvgIpc) is 2.60. The van der Waals surface area contributed by atoms with Gasteiger partial charge in [-0.05, 0) is 6.42 Å². The van der Waals surface area contributed by atoms with Gasteiger partial charge in [-0.3, -0.25) is 0 Å². The summed E-state index contributed by atoms with van der Waals surface area (Å²) in [6.45, 7) is 2.08. The van der Waals surface area contributed by atoms with Gasteiger partial charge in [-0.2, -0.15) is 0 Å². The molecule has 1 heterocycles. The molecule has 0 aliphatic rings. The van der Waals surface area contributed by atoms with E-state index in [1.807, 2.05) is 17.8 Å². The molecule has 1 N–H and O–H groups in total. The standard InChI is InChI=1S/C11H20N2O2/c1-4-5-10(15-3)9(14)8-11-12-6-7-13(11)2/h6-7,9-10,14H,4-5,8H2,1-3H3. The highest BCUT2D eigenvalue weighted by Crippen LogP contribution is 2.10. The first kappa shape index (κ1) is 12.2. The number of ether oxygens (including phenoxy) is 1. The molecule has 4 nitrogen and oxygen atoms in total. The Balaban J connectivity index is 2.53. The molecule has 0 saturated heterocycles. The van der Waals surface area contributed by atoms with Crippen molar-refractivity contribution in [2.75, 3.05) is 7.11 Å². The van der Waals surface area contributed by atoms with Gasteiger partial charge in [-0.15, -0.1) is 0 Å². The maximum atomic E-state index is 9.96. The quantitative estimate of drug-likeness (QED) is 0.769. The van der Waals surface area contributed by atoms with Crippen molar-refractivity contribution < 1.29 is 9.84 Å². The molecule has 0 fully saturated rings. The zero-order chi connectivity index (χ0) is 11.3. The molecule has 15 heavy (non-hydrogen) atoms. The third-order valence-electron chi connectivity index (χ3n) is 2.62. The summed E-state index contributed by atoms with van der Waals surface area (Å²) in [6, 6.07) is 0. The van der Waals surface area contributed by atoms with Gasteiger partial charge in [0.25, 0.3) is 0 Å². The minimum Gasteiger partial charge on any atom is -0.390 e. The van der Waals surface area contributed by atoms with E-state index in [-0.39, 0.29) is 6.10 Å². The molecule has 0 spiro atoms. The topological polar surface area (TPSA) is 47.3 Å². The van der Waals surface area contributed by atoms with Crippen LogP contribution in [0.5, 0.6) is 0 Å². The van der Waals surface area contributed by atoms with E-state index >= 15 is 0 Å². The lowest BCUT2D eigenvalue weighted by Crippen LogP contribution is -2.30. The van der Waals surface area contributed by atoms with Crippen LogP contribution in [0.1, 0.15) is 25.6 Å². The van der Waals surface area contributed by atoms with Crippen molar-refractivity contribution in [2.45, 2.75) is 38.4 Å². The van der Waals surface area contributed by atoms with Gasteiger partial charge in [0.05, 0.1) is 12.2 Å². The predicted octanol–water partition coefficient (Wildman–Crippen LogP) is 1.14. The van der Waals surface area contributed by atoms with E-state index in [9.17, 15) is 5.11 Å². The normalized spacial score (nSPS) is 15.2. The van der Waals surface area contributed by atoms with E-state index in [1.165, 1.54) is 0 Å². The molecule has 2 unspecified atom stereocenters. The third-order valence-corrected chi connectivity index (χ3v) is 2.62. The van der Waals surface area contributed by atoms with Gasteiger partial charge in [0.2, 0.25) is 0 Å². The van der Waals surface area contributed by atoms with Crippen molar-refractivity contribution in [3.63, 3.8) is 0 Å². The van der Waals surface area contributed by atoms with E-state index in [0.717, 1.165) is 18.7 Å². The summed E-state index contributed by atoms with van der Waals surface area (Å²) in [5.41, 5.74) is 0. The molecule has 1 aromatic rings. The van der Waals surface area contributed by atoms with Crippen LogP contribution >= 0.6 is 0 Å². The highest BCUT2D eigenvalue weighted by Gasteiger charge is 2.19. The Kier molecular flexibility index (Phi) is 4.78. The van der Waals surface area contributed by atoms with Crippen molar-refractivity contribution >= 4 is 0 Å². The molecule has 0 aromatic carbocycles. The average molecular weight is 212 g/mol. The Morgan fingerprint density at radius 1 is 1.60 bits per heavy atom. The molecule has 0 saturated carbocycles. The molecule has 1 aromatic heterocycles. The fourth-order valence-corrected chi connectivity index (χ4v) is 1.66. The van der Waals surface area contributed by atoms with Crippen LogP contribution in [-0.2, 0) is 18.2 Å². The van der Waals surface area contributed by atoms with E-state index < -0.39 is 6.10 Å². The van der Waals surface area contributed by atoms with Crippen molar-refractivity contribution in [3.8, 4) is 0 Å². The molecule has 0 bridgehead atoms. The Morgan fingerprint density at radius 2 is 2.33 bits per heavy atom. The first-order valence-electron chi connectivity index (χ1n) is 5.36. The van der Waals surface area contributed by atoms with Crippen molar-refractivity contribution in [3.05, 3.63) is 18.2 Å². The lowest BCUT2D eigenvalue weighted by atomic mass is 10.1. The van der Waals surface area contributed by atoms with Gasteiger partial charge in [-0.25, -0.2) is 4.98 Å². The number of rotatable bonds is 6. The van der Waals surface area contributed by atoms with E-state index in [2.05, 4.69) is 11.9 Å². The molecular weight excluding hydrogens is 192 g/mol. The Labute approximate surface area is 90.9 Å². The van der Waals surface area contributed by atoms with Crippen LogP contribution < -0.4 is 0 Å². The second-order valence-electron chi connectivity index (χ2n) is 3.79. The van der Waals surface area contributed by atoms with Crippen LogP contribution in [0.3, 0.4) is 0 Å². The summed E-state index contributed by atoms with van der Waals surface area (Å²) >= 11 is 0. The zero-order valence-corrected chi connectivity index (χ0v) is 9.68. The van der Waals surface area contributed by atoms with Gasteiger partial charge < -0.3 is 14.4 Å². The number of aromatic nitrogens is 2. The number of hydrogen-bond donors (Lipinski definition) is 1. The van der Waals surface area contributed by atoms with Gasteiger partial charge in [0.15, 0.2) is 0 Å². The van der Waals surface area contributed by atoms with Gasteiger partial charge in [-0.1, -0.05) is 13.3 Å². The number of aliphatic hydroxyl groups is 1. The third kappa shape index (κ3) is 3.32. The molecule has 1 rings (SSSR count).